The molecule has 0 aromatic rings. The van der Waals surface area contributed by atoms with Crippen LogP contribution in [0.25, 0.3) is 0 Å². The SMILES string of the molecule is CC(C)=CCC/C(C)=C/C(=O)NCCNC1C2CC3CC(C2)CC1C3.Cl. The van der Waals surface area contributed by atoms with E-state index >= 15 is 0 Å². The van der Waals surface area contributed by atoms with Crippen LogP contribution in [0, 0.1) is 23.7 Å². The van der Waals surface area contributed by atoms with Gasteiger partial charge in [0.2, 0.25) is 5.91 Å². The van der Waals surface area contributed by atoms with E-state index in [1.807, 2.05) is 6.92 Å². The Labute approximate surface area is 165 Å². The van der Waals surface area contributed by atoms with Crippen LogP contribution in [-0.4, -0.2) is 25.0 Å². The predicted octanol–water partition coefficient (Wildman–Crippen LogP) is 4.63. The van der Waals surface area contributed by atoms with E-state index in [2.05, 4.69) is 30.6 Å². The van der Waals surface area contributed by atoms with Crippen molar-refractivity contribution in [1.82, 2.24) is 10.6 Å². The average Bonchev–Trinajstić information content (AvgIpc) is 2.52. The highest BCUT2D eigenvalue weighted by molar-refractivity contribution is 5.88. The van der Waals surface area contributed by atoms with E-state index in [4.69, 9.17) is 0 Å². The average molecular weight is 381 g/mol. The smallest absolute Gasteiger partial charge is 0.243 e. The quantitative estimate of drug-likeness (QED) is 0.366. The van der Waals surface area contributed by atoms with Gasteiger partial charge >= 0.3 is 0 Å². The topological polar surface area (TPSA) is 41.1 Å². The number of halogens is 1. The molecule has 0 spiro atoms. The minimum absolute atomic E-state index is 0. The van der Waals surface area contributed by atoms with Crippen molar-refractivity contribution in [3.05, 3.63) is 23.3 Å². The second-order valence-electron chi connectivity index (χ2n) is 9.01. The zero-order valence-electron chi connectivity index (χ0n) is 16.7. The summed E-state index contributed by atoms with van der Waals surface area (Å²) in [6.45, 7) is 7.92. The second-order valence-corrected chi connectivity index (χ2v) is 9.01. The second kappa shape index (κ2) is 9.94. The van der Waals surface area contributed by atoms with Crippen molar-refractivity contribution in [2.75, 3.05) is 13.1 Å². The molecule has 4 aliphatic carbocycles. The van der Waals surface area contributed by atoms with Crippen LogP contribution >= 0.6 is 12.4 Å². The molecule has 0 heterocycles. The molecule has 0 saturated heterocycles. The van der Waals surface area contributed by atoms with E-state index in [0.717, 1.165) is 55.2 Å². The molecule has 4 aliphatic rings. The summed E-state index contributed by atoms with van der Waals surface area (Å²) in [6.07, 6.45) is 13.3. The number of amides is 1. The van der Waals surface area contributed by atoms with E-state index in [9.17, 15) is 4.79 Å². The number of carbonyl (C=O) groups is 1. The van der Waals surface area contributed by atoms with Crippen LogP contribution in [-0.2, 0) is 4.79 Å². The monoisotopic (exact) mass is 380 g/mol. The molecule has 0 unspecified atom stereocenters. The van der Waals surface area contributed by atoms with Crippen LogP contribution in [0.5, 0.6) is 0 Å². The van der Waals surface area contributed by atoms with E-state index < -0.39 is 0 Å². The van der Waals surface area contributed by atoms with Gasteiger partial charge in [0.25, 0.3) is 0 Å². The minimum Gasteiger partial charge on any atom is -0.351 e. The first-order valence-electron chi connectivity index (χ1n) is 10.3. The van der Waals surface area contributed by atoms with Gasteiger partial charge in [-0.2, -0.15) is 0 Å². The van der Waals surface area contributed by atoms with Crippen LogP contribution in [0.4, 0.5) is 0 Å². The van der Waals surface area contributed by atoms with Gasteiger partial charge in [0.05, 0.1) is 0 Å². The highest BCUT2D eigenvalue weighted by atomic mass is 35.5. The molecule has 0 radical (unpaired) electrons. The molecule has 4 bridgehead atoms. The third-order valence-electron chi connectivity index (χ3n) is 6.50. The largest absolute Gasteiger partial charge is 0.351 e. The Bertz CT molecular complexity index is 508. The Balaban J connectivity index is 0.00000243. The van der Waals surface area contributed by atoms with Gasteiger partial charge < -0.3 is 10.6 Å². The third kappa shape index (κ3) is 5.85. The number of hydrogen-bond donors (Lipinski definition) is 2. The first kappa shape index (κ1) is 21.5. The summed E-state index contributed by atoms with van der Waals surface area (Å²) in [5, 5.41) is 6.82. The highest BCUT2D eigenvalue weighted by Gasteiger charge is 2.47. The summed E-state index contributed by atoms with van der Waals surface area (Å²) in [5.74, 6) is 3.93. The first-order chi connectivity index (χ1) is 12.0. The van der Waals surface area contributed by atoms with Crippen LogP contribution < -0.4 is 10.6 Å². The van der Waals surface area contributed by atoms with Gasteiger partial charge in [0, 0.05) is 25.2 Å². The lowest BCUT2D eigenvalue weighted by atomic mass is 9.54. The molecule has 4 rings (SSSR count). The molecular formula is C22H37ClN2O. The Hall–Kier alpha value is -0.800. The van der Waals surface area contributed by atoms with Gasteiger partial charge in [-0.25, -0.2) is 0 Å². The maximum Gasteiger partial charge on any atom is 0.243 e. The minimum atomic E-state index is 0. The molecule has 3 nitrogen and oxygen atoms in total. The van der Waals surface area contributed by atoms with Crippen LogP contribution in [0.15, 0.2) is 23.3 Å². The number of rotatable bonds is 8. The molecule has 4 heteroatoms. The standard InChI is InChI=1S/C22H36N2O.ClH/c1-15(2)5-4-6-16(3)9-21(25)23-7-8-24-22-19-11-17-10-18(13-19)14-20(22)12-17;/h5,9,17-20,22,24H,4,6-8,10-14H2,1-3H3,(H,23,25);1H/b16-9+;. The van der Waals surface area contributed by atoms with Crippen molar-refractivity contribution in [2.45, 2.75) is 71.8 Å². The highest BCUT2D eigenvalue weighted by Crippen LogP contribution is 2.53. The van der Waals surface area contributed by atoms with Gasteiger partial charge in [-0.3, -0.25) is 4.79 Å². The lowest BCUT2D eigenvalue weighted by Gasteiger charge is -2.54. The molecule has 4 saturated carbocycles. The van der Waals surface area contributed by atoms with Gasteiger partial charge in [-0.1, -0.05) is 17.2 Å². The van der Waals surface area contributed by atoms with Crippen molar-refractivity contribution in [3.8, 4) is 0 Å². The maximum atomic E-state index is 12.0. The fraction of sp³-hybridized carbons (Fsp3) is 0.773. The maximum absolute atomic E-state index is 12.0. The molecule has 148 valence electrons. The Morgan fingerprint density at radius 1 is 0.962 bits per heavy atom. The summed E-state index contributed by atoms with van der Waals surface area (Å²) in [4.78, 5) is 12.0. The van der Waals surface area contributed by atoms with Crippen molar-refractivity contribution in [1.29, 1.82) is 0 Å². The van der Waals surface area contributed by atoms with Gasteiger partial charge in [-0.15, -0.1) is 12.4 Å². The van der Waals surface area contributed by atoms with E-state index in [1.165, 1.54) is 37.7 Å². The predicted molar refractivity (Wildman–Crippen MR) is 112 cm³/mol. The van der Waals surface area contributed by atoms with Gasteiger partial charge in [0.1, 0.15) is 0 Å². The first-order valence-corrected chi connectivity index (χ1v) is 10.3. The molecule has 4 fully saturated rings. The summed E-state index contributed by atoms with van der Waals surface area (Å²) in [7, 11) is 0. The number of nitrogens with one attached hydrogen (secondary N) is 2. The third-order valence-corrected chi connectivity index (χ3v) is 6.50. The van der Waals surface area contributed by atoms with Crippen LogP contribution in [0.2, 0.25) is 0 Å². The number of allylic oxidation sites excluding steroid dienone is 3. The number of carbonyl (C=O) groups excluding carboxylic acids is 1. The van der Waals surface area contributed by atoms with Crippen molar-refractivity contribution < 1.29 is 4.79 Å². The van der Waals surface area contributed by atoms with Crippen LogP contribution in [0.1, 0.15) is 65.7 Å². The Morgan fingerprint density at radius 3 is 2.15 bits per heavy atom. The number of hydrogen-bond acceptors (Lipinski definition) is 2. The summed E-state index contributed by atoms with van der Waals surface area (Å²) >= 11 is 0. The lowest BCUT2D eigenvalue weighted by Crippen LogP contribution is -2.55. The molecule has 26 heavy (non-hydrogen) atoms. The van der Waals surface area contributed by atoms with E-state index in [-0.39, 0.29) is 18.3 Å². The molecule has 0 aromatic heterocycles. The molecule has 0 aliphatic heterocycles. The molecular weight excluding hydrogens is 344 g/mol. The Morgan fingerprint density at radius 2 is 1.58 bits per heavy atom. The van der Waals surface area contributed by atoms with E-state index in [1.54, 1.807) is 6.08 Å². The van der Waals surface area contributed by atoms with Crippen molar-refractivity contribution in [3.63, 3.8) is 0 Å². The normalized spacial score (nSPS) is 32.1. The fourth-order valence-corrected chi connectivity index (χ4v) is 5.62. The van der Waals surface area contributed by atoms with E-state index in [0.29, 0.717) is 6.04 Å². The molecule has 0 atom stereocenters. The zero-order chi connectivity index (χ0) is 17.8. The lowest BCUT2D eigenvalue weighted by molar-refractivity contribution is -0.116. The fourth-order valence-electron chi connectivity index (χ4n) is 5.62. The zero-order valence-corrected chi connectivity index (χ0v) is 17.5. The van der Waals surface area contributed by atoms with Gasteiger partial charge in [-0.05, 0) is 89.4 Å². The molecule has 2 N–H and O–H groups in total. The Kier molecular flexibility index (Phi) is 8.22. The summed E-state index contributed by atoms with van der Waals surface area (Å²) in [5.41, 5.74) is 2.50. The van der Waals surface area contributed by atoms with Crippen molar-refractivity contribution in [2.24, 2.45) is 23.7 Å². The van der Waals surface area contributed by atoms with Gasteiger partial charge in [0.15, 0.2) is 0 Å². The molecule has 1 amide bonds. The van der Waals surface area contributed by atoms with Crippen molar-refractivity contribution >= 4 is 18.3 Å². The summed E-state index contributed by atoms with van der Waals surface area (Å²) in [6, 6.07) is 0.714. The summed E-state index contributed by atoms with van der Waals surface area (Å²) < 4.78 is 0. The molecule has 0 aromatic carbocycles. The van der Waals surface area contributed by atoms with Crippen LogP contribution in [0.3, 0.4) is 0 Å².